The van der Waals surface area contributed by atoms with E-state index in [-0.39, 0.29) is 0 Å². The lowest BCUT2D eigenvalue weighted by molar-refractivity contribution is -0.410. The van der Waals surface area contributed by atoms with Crippen molar-refractivity contribution in [2.45, 2.75) is 0 Å². The third-order valence-electron chi connectivity index (χ3n) is 1.31. The summed E-state index contributed by atoms with van der Waals surface area (Å²) >= 11 is 11.0. The fourth-order valence-corrected chi connectivity index (χ4v) is 1.11. The molecule has 0 saturated heterocycles. The zero-order valence-electron chi connectivity index (χ0n) is 6.41. The Labute approximate surface area is 84.7 Å². The molecule has 0 spiro atoms. The lowest BCUT2D eigenvalue weighted by Gasteiger charge is -1.92. The minimum atomic E-state index is -0.664. The number of hydrogen-bond acceptors (Lipinski definition) is 2. The molecule has 1 aromatic carbocycles. The number of nitrogens with zero attached hydrogens (tertiary/aromatic N) is 1. The van der Waals surface area contributed by atoms with Gasteiger partial charge in [-0.1, -0.05) is 23.7 Å². The van der Waals surface area contributed by atoms with E-state index in [1.165, 1.54) is 6.08 Å². The largest absolute Gasteiger partial charge is 0.337 e. The fraction of sp³-hybridized carbons (Fsp3) is 0. The average molecular weight is 218 g/mol. The van der Waals surface area contributed by atoms with E-state index in [0.29, 0.717) is 10.6 Å². The first-order chi connectivity index (χ1) is 6.09. The van der Waals surface area contributed by atoms with Gasteiger partial charge in [-0.05, 0) is 29.3 Å². The zero-order chi connectivity index (χ0) is 9.84. The summed E-state index contributed by atoms with van der Waals surface area (Å²) in [5, 5.41) is 10.2. The van der Waals surface area contributed by atoms with Gasteiger partial charge in [0.05, 0.1) is 4.92 Å². The molecule has 0 fully saturated rings. The lowest BCUT2D eigenvalue weighted by atomic mass is 10.2. The van der Waals surface area contributed by atoms with Gasteiger partial charge in [0.25, 0.3) is 0 Å². The van der Waals surface area contributed by atoms with Gasteiger partial charge in [0.15, 0.2) is 0 Å². The van der Waals surface area contributed by atoms with Crippen LogP contribution >= 0.6 is 23.2 Å². The van der Waals surface area contributed by atoms with E-state index >= 15 is 0 Å². The van der Waals surface area contributed by atoms with Gasteiger partial charge in [-0.15, -0.1) is 0 Å². The maximum atomic E-state index is 10.2. The summed E-state index contributed by atoms with van der Waals surface area (Å²) in [4.78, 5) is 9.50. The Bertz CT molecular complexity index is 363. The lowest BCUT2D eigenvalue weighted by Crippen LogP contribution is -1.90. The summed E-state index contributed by atoms with van der Waals surface area (Å²) in [5.74, 6) is 0. The van der Waals surface area contributed by atoms with Crippen LogP contribution in [0.15, 0.2) is 29.4 Å². The van der Waals surface area contributed by atoms with Crippen LogP contribution in [0.25, 0.3) is 6.08 Å². The van der Waals surface area contributed by atoms with Gasteiger partial charge < -0.3 is 0 Å². The summed E-state index contributed by atoms with van der Waals surface area (Å²) in [6.45, 7) is 0. The third kappa shape index (κ3) is 3.05. The molecule has 0 atom stereocenters. The Morgan fingerprint density at radius 3 is 2.77 bits per heavy atom. The first-order valence-electron chi connectivity index (χ1n) is 3.37. The van der Waals surface area contributed by atoms with Crippen LogP contribution in [0.3, 0.4) is 0 Å². The van der Waals surface area contributed by atoms with E-state index in [9.17, 15) is 10.1 Å². The minimum Gasteiger partial charge on any atom is -0.257 e. The van der Waals surface area contributed by atoms with Crippen molar-refractivity contribution in [1.29, 1.82) is 0 Å². The quantitative estimate of drug-likeness (QED) is 0.434. The molecule has 1 aromatic rings. The predicted molar refractivity (Wildman–Crippen MR) is 52.3 cm³/mol. The van der Waals surface area contributed by atoms with Gasteiger partial charge in [-0.25, -0.2) is 0 Å². The number of nitro groups is 1. The molecule has 0 radical (unpaired) electrons. The van der Waals surface area contributed by atoms with Crippen LogP contribution in [-0.4, -0.2) is 4.92 Å². The standard InChI is InChI=1S/C8H5Cl2NO2/c9-7-3-1-2-6(4-7)5-8(10)11(12)13/h1-5H. The van der Waals surface area contributed by atoms with E-state index < -0.39 is 10.1 Å². The number of hydrogen-bond donors (Lipinski definition) is 0. The van der Waals surface area contributed by atoms with Gasteiger partial charge in [0.1, 0.15) is 0 Å². The number of halogens is 2. The molecule has 5 heteroatoms. The molecule has 0 aromatic heterocycles. The van der Waals surface area contributed by atoms with E-state index in [1.807, 2.05) is 0 Å². The molecule has 0 unspecified atom stereocenters. The number of benzene rings is 1. The van der Waals surface area contributed by atoms with Crippen LogP contribution in [0, 0.1) is 10.1 Å². The smallest absolute Gasteiger partial charge is 0.257 e. The summed E-state index contributed by atoms with van der Waals surface area (Å²) in [7, 11) is 0. The highest BCUT2D eigenvalue weighted by Crippen LogP contribution is 2.15. The van der Waals surface area contributed by atoms with Gasteiger partial charge in [0.2, 0.25) is 0 Å². The van der Waals surface area contributed by atoms with Crippen LogP contribution in [0.5, 0.6) is 0 Å². The van der Waals surface area contributed by atoms with Crippen LogP contribution < -0.4 is 0 Å². The summed E-state index contributed by atoms with van der Waals surface area (Å²) < 4.78 is 0. The molecule has 0 aliphatic carbocycles. The molecule has 0 aliphatic heterocycles. The Hall–Kier alpha value is -1.06. The first-order valence-corrected chi connectivity index (χ1v) is 4.12. The van der Waals surface area contributed by atoms with Crippen molar-refractivity contribution < 1.29 is 4.92 Å². The van der Waals surface area contributed by atoms with Crippen molar-refractivity contribution in [2.75, 3.05) is 0 Å². The maximum absolute atomic E-state index is 10.2. The Morgan fingerprint density at radius 2 is 2.23 bits per heavy atom. The molecule has 13 heavy (non-hydrogen) atoms. The van der Waals surface area contributed by atoms with Gasteiger partial charge in [-0.2, -0.15) is 0 Å². The van der Waals surface area contributed by atoms with Crippen LogP contribution in [0.2, 0.25) is 5.02 Å². The monoisotopic (exact) mass is 217 g/mol. The first kappa shape index (κ1) is 10.0. The highest BCUT2D eigenvalue weighted by atomic mass is 35.5. The zero-order valence-corrected chi connectivity index (χ0v) is 7.92. The highest BCUT2D eigenvalue weighted by Gasteiger charge is 2.04. The molecule has 0 heterocycles. The van der Waals surface area contributed by atoms with Gasteiger partial charge in [0, 0.05) is 11.1 Å². The molecule has 0 aliphatic rings. The van der Waals surface area contributed by atoms with Gasteiger partial charge >= 0.3 is 5.16 Å². The van der Waals surface area contributed by atoms with Crippen molar-refractivity contribution in [3.05, 3.63) is 50.1 Å². The Morgan fingerprint density at radius 1 is 1.54 bits per heavy atom. The number of rotatable bonds is 2. The van der Waals surface area contributed by atoms with Gasteiger partial charge in [-0.3, -0.25) is 10.1 Å². The van der Waals surface area contributed by atoms with E-state index in [1.54, 1.807) is 24.3 Å². The molecular formula is C8H5Cl2NO2. The second-order valence-corrected chi connectivity index (χ2v) is 3.10. The van der Waals surface area contributed by atoms with Crippen molar-refractivity contribution >= 4 is 29.3 Å². The van der Waals surface area contributed by atoms with Crippen molar-refractivity contribution in [2.24, 2.45) is 0 Å². The second kappa shape index (κ2) is 4.25. The third-order valence-corrected chi connectivity index (χ3v) is 1.79. The average Bonchev–Trinajstić information content (AvgIpc) is 2.04. The van der Waals surface area contributed by atoms with Crippen LogP contribution in [-0.2, 0) is 0 Å². The van der Waals surface area contributed by atoms with Crippen LogP contribution in [0.4, 0.5) is 0 Å². The van der Waals surface area contributed by atoms with E-state index in [0.717, 1.165) is 0 Å². The molecular weight excluding hydrogens is 213 g/mol. The maximum Gasteiger partial charge on any atom is 0.337 e. The molecule has 0 saturated carbocycles. The van der Waals surface area contributed by atoms with Crippen LogP contribution in [0.1, 0.15) is 5.56 Å². The summed E-state index contributed by atoms with van der Waals surface area (Å²) in [6.07, 6.45) is 1.24. The SMILES string of the molecule is O=[N+]([O-])C(Cl)=Cc1cccc(Cl)c1. The summed E-state index contributed by atoms with van der Waals surface area (Å²) in [5.41, 5.74) is 0.606. The molecule has 3 nitrogen and oxygen atoms in total. The fourth-order valence-electron chi connectivity index (χ4n) is 0.787. The Balaban J connectivity index is 2.97. The predicted octanol–water partition coefficient (Wildman–Crippen LogP) is 3.15. The van der Waals surface area contributed by atoms with E-state index in [4.69, 9.17) is 23.2 Å². The molecule has 0 bridgehead atoms. The highest BCUT2D eigenvalue weighted by molar-refractivity contribution is 6.31. The van der Waals surface area contributed by atoms with Crippen molar-refractivity contribution in [3.63, 3.8) is 0 Å². The molecule has 0 amide bonds. The molecule has 1 rings (SSSR count). The minimum absolute atomic E-state index is 0.428. The topological polar surface area (TPSA) is 43.1 Å². The van der Waals surface area contributed by atoms with Crippen molar-refractivity contribution in [1.82, 2.24) is 0 Å². The summed E-state index contributed by atoms with van der Waals surface area (Å²) in [6, 6.07) is 6.64. The second-order valence-electron chi connectivity index (χ2n) is 2.28. The normalized spacial score (nSPS) is 11.4. The molecule has 68 valence electrons. The van der Waals surface area contributed by atoms with Crippen molar-refractivity contribution in [3.8, 4) is 0 Å². The Kier molecular flexibility index (Phi) is 3.28. The van der Waals surface area contributed by atoms with E-state index in [2.05, 4.69) is 0 Å². The molecule has 0 N–H and O–H groups in total.